The van der Waals surface area contributed by atoms with E-state index in [4.69, 9.17) is 14.2 Å². The molecule has 2 aliphatic heterocycles. The Morgan fingerprint density at radius 1 is 1.26 bits per heavy atom. The number of rotatable bonds is 5. The van der Waals surface area contributed by atoms with E-state index in [0.29, 0.717) is 54.4 Å². The maximum atomic E-state index is 14.4. The van der Waals surface area contributed by atoms with Crippen LogP contribution in [0.15, 0.2) is 36.7 Å². The van der Waals surface area contributed by atoms with Gasteiger partial charge in [0.1, 0.15) is 0 Å². The normalized spacial score (nSPS) is 15.9. The Morgan fingerprint density at radius 3 is 2.85 bits per heavy atom. The van der Waals surface area contributed by atoms with E-state index in [1.54, 1.807) is 31.6 Å². The Kier molecular flexibility index (Phi) is 5.69. The molecule has 2 aliphatic rings. The number of aromatic amines is 1. The predicted octanol–water partition coefficient (Wildman–Crippen LogP) is 3.02. The third-order valence-electron chi connectivity index (χ3n) is 5.97. The second-order valence-corrected chi connectivity index (χ2v) is 8.04. The van der Waals surface area contributed by atoms with Crippen molar-refractivity contribution in [1.29, 1.82) is 0 Å². The minimum Gasteiger partial charge on any atom is -0.492 e. The van der Waals surface area contributed by atoms with Gasteiger partial charge >= 0.3 is 0 Å². The van der Waals surface area contributed by atoms with Crippen LogP contribution in [0.4, 0.5) is 15.8 Å². The summed E-state index contributed by atoms with van der Waals surface area (Å²) < 4.78 is 30.4. The number of carbonyl (C=O) groups is 1. The molecule has 0 unspecified atom stereocenters. The monoisotopic (exact) mass is 462 g/mol. The number of hydrogen-bond acceptors (Lipinski definition) is 6. The highest BCUT2D eigenvalue weighted by molar-refractivity contribution is 6.06. The Morgan fingerprint density at radius 2 is 2.12 bits per heavy atom. The van der Waals surface area contributed by atoms with Gasteiger partial charge in [0.05, 0.1) is 48.5 Å². The lowest BCUT2D eigenvalue weighted by molar-refractivity contribution is -0.159. The van der Waals surface area contributed by atoms with Crippen LogP contribution in [-0.4, -0.2) is 55.5 Å². The van der Waals surface area contributed by atoms with Crippen LogP contribution >= 0.6 is 0 Å². The molecule has 4 heterocycles. The molecule has 2 aromatic heterocycles. The molecular formula is C25H23FN4O4. The number of pyridine rings is 1. The highest BCUT2D eigenvalue weighted by Gasteiger charge is 2.37. The lowest BCUT2D eigenvalue weighted by atomic mass is 10.00. The number of fused-ring (bicyclic) bond motifs is 1. The third kappa shape index (κ3) is 3.77. The number of hydrogen-bond donors (Lipinski definition) is 3. The minimum atomic E-state index is -0.641. The largest absolute Gasteiger partial charge is 0.492 e. The molecule has 0 aliphatic carbocycles. The lowest BCUT2D eigenvalue weighted by Gasteiger charge is -2.35. The van der Waals surface area contributed by atoms with Gasteiger partial charge in [0.15, 0.2) is 17.2 Å². The zero-order valence-electron chi connectivity index (χ0n) is 18.8. The van der Waals surface area contributed by atoms with Crippen molar-refractivity contribution in [3.05, 3.63) is 59.3 Å². The highest BCUT2D eigenvalue weighted by atomic mass is 19.1. The van der Waals surface area contributed by atoms with Gasteiger partial charge in [0.2, 0.25) is 0 Å². The van der Waals surface area contributed by atoms with Crippen LogP contribution in [0.3, 0.4) is 0 Å². The molecule has 5 rings (SSSR count). The molecule has 9 heteroatoms. The number of H-pyrrole nitrogens is 1. The number of carbonyl (C=O) groups excluding carboxylic acids is 1. The summed E-state index contributed by atoms with van der Waals surface area (Å²) in [6.07, 6.45) is 3.95. The van der Waals surface area contributed by atoms with Crippen LogP contribution in [0.25, 0.3) is 11.3 Å². The van der Waals surface area contributed by atoms with Crippen molar-refractivity contribution in [2.24, 2.45) is 0 Å². The lowest BCUT2D eigenvalue weighted by Crippen LogP contribution is -2.50. The van der Waals surface area contributed by atoms with Crippen molar-refractivity contribution in [2.45, 2.75) is 12.0 Å². The van der Waals surface area contributed by atoms with Gasteiger partial charge in [0.25, 0.3) is 5.91 Å². The van der Waals surface area contributed by atoms with Crippen molar-refractivity contribution in [1.82, 2.24) is 15.3 Å². The predicted molar refractivity (Wildman–Crippen MR) is 124 cm³/mol. The van der Waals surface area contributed by atoms with Crippen LogP contribution < -0.4 is 15.4 Å². The van der Waals surface area contributed by atoms with Crippen LogP contribution in [0.2, 0.25) is 0 Å². The van der Waals surface area contributed by atoms with E-state index >= 15 is 0 Å². The molecule has 1 saturated heterocycles. The van der Waals surface area contributed by atoms with Gasteiger partial charge in [-0.15, -0.1) is 0 Å². The van der Waals surface area contributed by atoms with E-state index in [9.17, 15) is 9.18 Å². The Labute approximate surface area is 195 Å². The smallest absolute Gasteiger partial charge is 0.255 e. The SMILES string of the molecule is COc1c(F)cccc1Nc1c(-c2ccncc2C#CC2(OC)COC2)[nH]c2c1C(=O)NCC2. The number of benzene rings is 1. The van der Waals surface area contributed by atoms with E-state index in [-0.39, 0.29) is 11.7 Å². The van der Waals surface area contributed by atoms with Gasteiger partial charge in [-0.1, -0.05) is 17.9 Å². The molecule has 1 fully saturated rings. The van der Waals surface area contributed by atoms with Crippen LogP contribution in [0.5, 0.6) is 5.75 Å². The first-order valence-corrected chi connectivity index (χ1v) is 10.8. The first-order chi connectivity index (χ1) is 16.5. The fourth-order valence-corrected chi connectivity index (χ4v) is 4.08. The van der Waals surface area contributed by atoms with E-state index in [1.165, 1.54) is 13.2 Å². The van der Waals surface area contributed by atoms with Gasteiger partial charge in [-0.2, -0.15) is 0 Å². The maximum Gasteiger partial charge on any atom is 0.255 e. The summed E-state index contributed by atoms with van der Waals surface area (Å²) in [6, 6.07) is 6.41. The number of halogens is 1. The van der Waals surface area contributed by atoms with Crippen molar-refractivity contribution in [3.8, 4) is 28.8 Å². The molecule has 1 aromatic carbocycles. The van der Waals surface area contributed by atoms with Crippen molar-refractivity contribution < 1.29 is 23.4 Å². The number of anilines is 2. The average Bonchev–Trinajstić information content (AvgIpc) is 3.18. The molecule has 34 heavy (non-hydrogen) atoms. The van der Waals surface area contributed by atoms with Gasteiger partial charge in [-0.05, 0) is 18.2 Å². The van der Waals surface area contributed by atoms with Gasteiger partial charge in [-0.25, -0.2) is 4.39 Å². The molecular weight excluding hydrogens is 439 g/mol. The topological polar surface area (TPSA) is 97.5 Å². The summed E-state index contributed by atoms with van der Waals surface area (Å²) in [7, 11) is 3.00. The number of para-hydroxylation sites is 1. The fraction of sp³-hybridized carbons (Fsp3) is 0.280. The quantitative estimate of drug-likeness (QED) is 0.505. The summed E-state index contributed by atoms with van der Waals surface area (Å²) in [4.78, 5) is 20.5. The molecule has 3 aromatic rings. The van der Waals surface area contributed by atoms with Crippen molar-refractivity contribution in [3.63, 3.8) is 0 Å². The molecule has 0 bridgehead atoms. The second-order valence-electron chi connectivity index (χ2n) is 8.04. The van der Waals surface area contributed by atoms with E-state index in [0.717, 1.165) is 11.3 Å². The zero-order chi connectivity index (χ0) is 23.7. The first kappa shape index (κ1) is 21.9. The third-order valence-corrected chi connectivity index (χ3v) is 5.97. The highest BCUT2D eigenvalue weighted by Crippen LogP contribution is 2.40. The number of methoxy groups -OCH3 is 2. The Bertz CT molecular complexity index is 1310. The Hall–Kier alpha value is -3.87. The van der Waals surface area contributed by atoms with E-state index in [2.05, 4.69) is 32.4 Å². The summed E-state index contributed by atoms with van der Waals surface area (Å²) >= 11 is 0. The van der Waals surface area contributed by atoms with Crippen molar-refractivity contribution >= 4 is 17.3 Å². The van der Waals surface area contributed by atoms with Crippen LogP contribution in [-0.2, 0) is 15.9 Å². The van der Waals surface area contributed by atoms with Crippen LogP contribution in [0.1, 0.15) is 21.6 Å². The number of ether oxygens (including phenoxy) is 3. The maximum absolute atomic E-state index is 14.4. The molecule has 1 amide bonds. The van der Waals surface area contributed by atoms with E-state index < -0.39 is 11.4 Å². The molecule has 0 radical (unpaired) electrons. The number of nitrogens with one attached hydrogen (secondary N) is 3. The number of nitrogens with zero attached hydrogens (tertiary/aromatic N) is 1. The molecule has 174 valence electrons. The summed E-state index contributed by atoms with van der Waals surface area (Å²) in [5.74, 6) is 5.66. The average molecular weight is 462 g/mol. The summed E-state index contributed by atoms with van der Waals surface area (Å²) in [5.41, 5.74) is 3.58. The standard InChI is InChI=1S/C25H23FN4O4/c1-32-23-17(26)4-3-5-19(23)30-22-20-18(8-11-28-24(20)31)29-21(22)16-7-10-27-12-15(16)6-9-25(33-2)13-34-14-25/h3-5,7,10,12,29-30H,8,11,13-14H2,1-2H3,(H,28,31). The molecule has 3 N–H and O–H groups in total. The first-order valence-electron chi connectivity index (χ1n) is 10.8. The number of amides is 1. The second kappa shape index (κ2) is 8.82. The number of aromatic nitrogens is 2. The van der Waals surface area contributed by atoms with Crippen LogP contribution in [0, 0.1) is 17.7 Å². The summed E-state index contributed by atoms with van der Waals surface area (Å²) in [5, 5.41) is 6.11. The molecule has 0 saturated carbocycles. The van der Waals surface area contributed by atoms with Crippen molar-refractivity contribution in [2.75, 3.05) is 39.3 Å². The van der Waals surface area contributed by atoms with Gasteiger partial charge in [0, 0.05) is 43.7 Å². The van der Waals surface area contributed by atoms with Gasteiger partial charge in [-0.3, -0.25) is 9.78 Å². The molecule has 0 spiro atoms. The van der Waals surface area contributed by atoms with E-state index in [1.807, 2.05) is 6.07 Å². The molecule has 0 atom stereocenters. The zero-order valence-corrected chi connectivity index (χ0v) is 18.8. The Balaban J connectivity index is 1.65. The van der Waals surface area contributed by atoms with Gasteiger partial charge < -0.3 is 29.8 Å². The minimum absolute atomic E-state index is 0.0568. The summed E-state index contributed by atoms with van der Waals surface area (Å²) in [6.45, 7) is 1.32. The molecule has 8 nitrogen and oxygen atoms in total. The fourth-order valence-electron chi connectivity index (χ4n) is 4.08.